The molecule has 1 aliphatic rings. The van der Waals surface area contributed by atoms with E-state index in [1.807, 2.05) is 0 Å². The molecule has 0 N–H and O–H groups in total. The van der Waals surface area contributed by atoms with Crippen molar-refractivity contribution in [3.05, 3.63) is 53.6 Å². The minimum absolute atomic E-state index is 0.129. The number of esters is 3. The lowest BCUT2D eigenvalue weighted by molar-refractivity contribution is -0.156. The number of benzene rings is 1. The summed E-state index contributed by atoms with van der Waals surface area (Å²) in [5.41, 5.74) is 0.00417. The fourth-order valence-corrected chi connectivity index (χ4v) is 3.43. The van der Waals surface area contributed by atoms with Crippen molar-refractivity contribution in [3.8, 4) is 0 Å². The maximum Gasteiger partial charge on any atom is 0.359 e. The lowest BCUT2D eigenvalue weighted by Crippen LogP contribution is -2.39. The van der Waals surface area contributed by atoms with Crippen molar-refractivity contribution in [2.45, 2.75) is 31.5 Å². The lowest BCUT2D eigenvalue weighted by Gasteiger charge is -2.23. The van der Waals surface area contributed by atoms with Crippen molar-refractivity contribution < 1.29 is 42.9 Å². The zero-order valence-corrected chi connectivity index (χ0v) is 17.6. The van der Waals surface area contributed by atoms with E-state index in [1.54, 1.807) is 30.3 Å². The second kappa shape index (κ2) is 10.2. The number of carbonyl (C=O) groups is 4. The summed E-state index contributed by atoms with van der Waals surface area (Å²) in [6.07, 6.45) is -2.16. The number of aromatic nitrogens is 2. The maximum absolute atomic E-state index is 12.3. The second-order valence-electron chi connectivity index (χ2n) is 6.80. The number of imidazole rings is 1. The third kappa shape index (κ3) is 4.68. The van der Waals surface area contributed by atoms with E-state index in [0.29, 0.717) is 11.8 Å². The van der Waals surface area contributed by atoms with E-state index in [9.17, 15) is 19.2 Å². The first kappa shape index (κ1) is 23.1. The molecule has 11 heteroatoms. The monoisotopic (exact) mass is 446 g/mol. The van der Waals surface area contributed by atoms with Gasteiger partial charge in [0.05, 0.1) is 19.0 Å². The van der Waals surface area contributed by atoms with Gasteiger partial charge < -0.3 is 23.7 Å². The Morgan fingerprint density at radius 3 is 2.44 bits per heavy atom. The molecule has 2 aromatic rings. The predicted molar refractivity (Wildman–Crippen MR) is 106 cm³/mol. The Kier molecular flexibility index (Phi) is 7.33. The van der Waals surface area contributed by atoms with E-state index in [1.165, 1.54) is 24.9 Å². The van der Waals surface area contributed by atoms with Crippen LogP contribution in [0, 0.1) is 0 Å². The zero-order valence-electron chi connectivity index (χ0n) is 17.6. The summed E-state index contributed by atoms with van der Waals surface area (Å²) < 4.78 is 28.0. The average molecular weight is 446 g/mol. The molecule has 0 spiro atoms. The maximum atomic E-state index is 12.3. The number of aldehydes is 1. The van der Waals surface area contributed by atoms with Gasteiger partial charge >= 0.3 is 17.9 Å². The lowest BCUT2D eigenvalue weighted by atomic mass is 10.1. The molecule has 0 radical (unpaired) electrons. The summed E-state index contributed by atoms with van der Waals surface area (Å²) in [6, 6.07) is 8.38. The number of methoxy groups -OCH3 is 2. The fourth-order valence-electron chi connectivity index (χ4n) is 3.43. The van der Waals surface area contributed by atoms with Crippen LogP contribution in [0.25, 0.3) is 0 Å². The first-order chi connectivity index (χ1) is 15.4. The summed E-state index contributed by atoms with van der Waals surface area (Å²) in [4.78, 5) is 51.5. The van der Waals surface area contributed by atoms with Crippen LogP contribution in [0.2, 0.25) is 0 Å². The molecule has 11 nitrogen and oxygen atoms in total. The molecule has 1 aliphatic heterocycles. The molecule has 2 heterocycles. The highest BCUT2D eigenvalue weighted by molar-refractivity contribution is 5.95. The number of hydrogen-bond acceptors (Lipinski definition) is 10. The van der Waals surface area contributed by atoms with Gasteiger partial charge in [0, 0.05) is 14.0 Å². The molecule has 0 amide bonds. The number of hydrogen-bond donors (Lipinski definition) is 0. The van der Waals surface area contributed by atoms with Gasteiger partial charge in [0.1, 0.15) is 24.5 Å². The van der Waals surface area contributed by atoms with Crippen LogP contribution in [-0.2, 0) is 28.5 Å². The number of ether oxygens (including phenoxy) is 5. The van der Waals surface area contributed by atoms with Gasteiger partial charge in [-0.25, -0.2) is 14.6 Å². The number of rotatable bonds is 8. The van der Waals surface area contributed by atoms with Crippen LogP contribution >= 0.6 is 0 Å². The molecule has 0 aliphatic carbocycles. The van der Waals surface area contributed by atoms with Crippen LogP contribution in [0.5, 0.6) is 0 Å². The minimum Gasteiger partial charge on any atom is -0.464 e. The summed E-state index contributed by atoms with van der Waals surface area (Å²) in [5, 5.41) is 0. The Bertz CT molecular complexity index is 988. The van der Waals surface area contributed by atoms with Gasteiger partial charge in [0.25, 0.3) is 0 Å². The van der Waals surface area contributed by atoms with Crippen LogP contribution < -0.4 is 0 Å². The third-order valence-corrected chi connectivity index (χ3v) is 4.84. The molecule has 0 bridgehead atoms. The molecular formula is C21H22N2O9. The van der Waals surface area contributed by atoms with Crippen molar-refractivity contribution >= 4 is 24.2 Å². The highest BCUT2D eigenvalue weighted by atomic mass is 16.6. The van der Waals surface area contributed by atoms with E-state index in [0.717, 1.165) is 7.11 Å². The van der Waals surface area contributed by atoms with E-state index >= 15 is 0 Å². The molecular weight excluding hydrogens is 424 g/mol. The number of nitrogens with zero attached hydrogens (tertiary/aromatic N) is 2. The quantitative estimate of drug-likeness (QED) is 0.331. The normalized spacial score (nSPS) is 22.2. The van der Waals surface area contributed by atoms with Crippen molar-refractivity contribution in [1.82, 2.24) is 9.55 Å². The number of carbonyl (C=O) groups excluding carboxylic acids is 4. The van der Waals surface area contributed by atoms with Crippen LogP contribution in [0.15, 0.2) is 36.7 Å². The zero-order chi connectivity index (χ0) is 23.3. The van der Waals surface area contributed by atoms with E-state index in [-0.39, 0.29) is 18.0 Å². The second-order valence-corrected chi connectivity index (χ2v) is 6.80. The molecule has 0 unspecified atom stereocenters. The van der Waals surface area contributed by atoms with E-state index in [4.69, 9.17) is 18.9 Å². The van der Waals surface area contributed by atoms with Gasteiger partial charge in [0.2, 0.25) is 0 Å². The first-order valence-corrected chi connectivity index (χ1v) is 9.59. The van der Waals surface area contributed by atoms with Gasteiger partial charge in [-0.2, -0.15) is 0 Å². The molecule has 4 atom stereocenters. The highest BCUT2D eigenvalue weighted by Crippen LogP contribution is 2.35. The van der Waals surface area contributed by atoms with Crippen molar-refractivity contribution in [2.75, 3.05) is 20.8 Å². The molecule has 1 fully saturated rings. The summed E-state index contributed by atoms with van der Waals surface area (Å²) in [6.45, 7) is 0.996. The van der Waals surface area contributed by atoms with Gasteiger partial charge in [-0.05, 0) is 12.1 Å². The first-order valence-electron chi connectivity index (χ1n) is 9.59. The Morgan fingerprint density at radius 2 is 1.84 bits per heavy atom. The minimum atomic E-state index is -1.07. The van der Waals surface area contributed by atoms with Crippen LogP contribution in [-0.4, -0.2) is 72.9 Å². The summed E-state index contributed by atoms with van der Waals surface area (Å²) in [7, 11) is 2.54. The highest BCUT2D eigenvalue weighted by Gasteiger charge is 2.49. The Hall–Kier alpha value is -3.57. The third-order valence-electron chi connectivity index (χ3n) is 4.84. The Balaban J connectivity index is 1.86. The average Bonchev–Trinajstić information content (AvgIpc) is 3.37. The molecule has 32 heavy (non-hydrogen) atoms. The standard InChI is InChI=1S/C21H22N2O9/c1-12(25)31-18-17(28-2)15(10-30-20(26)13-7-5-4-6-8-13)32-19(18)23-11-22-16(14(23)9-24)21(27)29-3/h4-9,11,15,17-19H,10H2,1-3H3/t15-,17-,18-,19-/m1/s1. The van der Waals surface area contributed by atoms with Crippen LogP contribution in [0.3, 0.4) is 0 Å². The smallest absolute Gasteiger partial charge is 0.359 e. The molecule has 1 saturated heterocycles. The van der Waals surface area contributed by atoms with Gasteiger partial charge in [-0.15, -0.1) is 0 Å². The molecule has 170 valence electrons. The van der Waals surface area contributed by atoms with Crippen molar-refractivity contribution in [3.63, 3.8) is 0 Å². The Labute approximate surface area is 183 Å². The largest absolute Gasteiger partial charge is 0.464 e. The summed E-state index contributed by atoms with van der Waals surface area (Å²) >= 11 is 0. The van der Waals surface area contributed by atoms with E-state index < -0.39 is 42.4 Å². The van der Waals surface area contributed by atoms with Gasteiger partial charge in [-0.1, -0.05) is 18.2 Å². The van der Waals surface area contributed by atoms with Gasteiger partial charge in [0.15, 0.2) is 24.3 Å². The van der Waals surface area contributed by atoms with Crippen molar-refractivity contribution in [2.24, 2.45) is 0 Å². The van der Waals surface area contributed by atoms with Crippen molar-refractivity contribution in [1.29, 1.82) is 0 Å². The van der Waals surface area contributed by atoms with Crippen LogP contribution in [0.4, 0.5) is 0 Å². The molecule has 3 rings (SSSR count). The van der Waals surface area contributed by atoms with E-state index in [2.05, 4.69) is 9.72 Å². The molecule has 0 saturated carbocycles. The summed E-state index contributed by atoms with van der Waals surface area (Å²) in [5.74, 6) is -2.00. The topological polar surface area (TPSA) is 132 Å². The molecule has 1 aromatic heterocycles. The predicted octanol–water partition coefficient (Wildman–Crippen LogP) is 1.18. The van der Waals surface area contributed by atoms with Crippen LogP contribution in [0.1, 0.15) is 44.5 Å². The van der Waals surface area contributed by atoms with Gasteiger partial charge in [-0.3, -0.25) is 14.2 Å². The Morgan fingerprint density at radius 1 is 1.12 bits per heavy atom. The SMILES string of the molecule is COC(=O)c1ncn([C@@H]2O[C@H](COC(=O)c3ccccc3)[C@@H](OC)[C@H]2OC(C)=O)c1C=O. The fraction of sp³-hybridized carbons (Fsp3) is 0.381. The molecule has 1 aromatic carbocycles.